The second-order valence-electron chi connectivity index (χ2n) is 6.23. The minimum atomic E-state index is -0.730. The molecule has 0 saturated heterocycles. The number of para-hydroxylation sites is 3. The van der Waals surface area contributed by atoms with Gasteiger partial charge in [0.2, 0.25) is 0 Å². The molecule has 160 valence electrons. The third-order valence-electron chi connectivity index (χ3n) is 4.14. The van der Waals surface area contributed by atoms with E-state index in [9.17, 15) is 9.59 Å². The van der Waals surface area contributed by atoms with Crippen LogP contribution in [0.4, 0.5) is 5.69 Å². The molecule has 3 aromatic rings. The number of rotatable bonds is 8. The largest absolute Gasteiger partial charge is 0.493 e. The molecular formula is C23H20ClNO6. The molecule has 1 amide bonds. The lowest BCUT2D eigenvalue weighted by Crippen LogP contribution is -2.21. The molecule has 0 atom stereocenters. The van der Waals surface area contributed by atoms with Crippen molar-refractivity contribution in [1.82, 2.24) is 0 Å². The molecule has 0 heterocycles. The van der Waals surface area contributed by atoms with Crippen molar-refractivity contribution in [3.05, 3.63) is 77.3 Å². The van der Waals surface area contributed by atoms with Crippen LogP contribution in [0.2, 0.25) is 5.02 Å². The first kappa shape index (κ1) is 22.0. The molecular weight excluding hydrogens is 422 g/mol. The third-order valence-corrected chi connectivity index (χ3v) is 4.42. The van der Waals surface area contributed by atoms with E-state index in [1.165, 1.54) is 26.4 Å². The van der Waals surface area contributed by atoms with Crippen molar-refractivity contribution in [3.63, 3.8) is 0 Å². The summed E-state index contributed by atoms with van der Waals surface area (Å²) in [7, 11) is 2.86. The van der Waals surface area contributed by atoms with E-state index < -0.39 is 18.5 Å². The van der Waals surface area contributed by atoms with Gasteiger partial charge in [-0.25, -0.2) is 4.79 Å². The second-order valence-corrected chi connectivity index (χ2v) is 6.64. The highest BCUT2D eigenvalue weighted by molar-refractivity contribution is 6.32. The van der Waals surface area contributed by atoms with Gasteiger partial charge in [0.25, 0.3) is 5.91 Å². The highest BCUT2D eigenvalue weighted by Gasteiger charge is 2.17. The Morgan fingerprint density at radius 2 is 1.61 bits per heavy atom. The Balaban J connectivity index is 1.63. The molecule has 0 aliphatic rings. The summed E-state index contributed by atoms with van der Waals surface area (Å²) in [5.74, 6) is 0.406. The minimum Gasteiger partial charge on any atom is -0.493 e. The van der Waals surface area contributed by atoms with Gasteiger partial charge in [0, 0.05) is 0 Å². The summed E-state index contributed by atoms with van der Waals surface area (Å²) in [6.45, 7) is -0.496. The summed E-state index contributed by atoms with van der Waals surface area (Å²) in [6.07, 6.45) is 0. The van der Waals surface area contributed by atoms with E-state index >= 15 is 0 Å². The number of halogens is 1. The van der Waals surface area contributed by atoms with Crippen LogP contribution in [-0.4, -0.2) is 32.7 Å². The molecule has 31 heavy (non-hydrogen) atoms. The first-order valence-corrected chi connectivity index (χ1v) is 9.60. The quantitative estimate of drug-likeness (QED) is 0.498. The van der Waals surface area contributed by atoms with Crippen LogP contribution >= 0.6 is 11.6 Å². The van der Waals surface area contributed by atoms with E-state index in [2.05, 4.69) is 5.32 Å². The maximum Gasteiger partial charge on any atom is 0.338 e. The fourth-order valence-corrected chi connectivity index (χ4v) is 3.00. The summed E-state index contributed by atoms with van der Waals surface area (Å²) in [4.78, 5) is 24.7. The third kappa shape index (κ3) is 5.67. The molecule has 0 unspecified atom stereocenters. The fraction of sp³-hybridized carbons (Fsp3) is 0.130. The van der Waals surface area contributed by atoms with Gasteiger partial charge in [0.15, 0.2) is 23.9 Å². The summed E-state index contributed by atoms with van der Waals surface area (Å²) in [5, 5.41) is 2.86. The number of benzene rings is 3. The highest BCUT2D eigenvalue weighted by Crippen LogP contribution is 2.36. The van der Waals surface area contributed by atoms with E-state index in [0.29, 0.717) is 22.9 Å². The number of carbonyl (C=O) groups is 2. The maximum absolute atomic E-state index is 12.3. The zero-order valence-electron chi connectivity index (χ0n) is 16.9. The molecule has 1 N–H and O–H groups in total. The average Bonchev–Trinajstić information content (AvgIpc) is 2.78. The molecule has 0 aromatic heterocycles. The van der Waals surface area contributed by atoms with Crippen LogP contribution in [-0.2, 0) is 9.53 Å². The topological polar surface area (TPSA) is 83.1 Å². The predicted octanol–water partition coefficient (Wildman–Crippen LogP) is 4.95. The second kappa shape index (κ2) is 10.4. The summed E-state index contributed by atoms with van der Waals surface area (Å²) in [5.41, 5.74) is 0.574. The van der Waals surface area contributed by atoms with Gasteiger partial charge in [0.1, 0.15) is 5.75 Å². The standard InChI is InChI=1S/C23H20ClNO6/c1-28-20-13-15(12-17(24)22(20)29-2)23(27)30-14-21(26)25-18-10-6-7-11-19(18)31-16-8-4-3-5-9-16/h3-13H,14H2,1-2H3,(H,25,26). The van der Waals surface area contributed by atoms with Gasteiger partial charge in [-0.15, -0.1) is 0 Å². The van der Waals surface area contributed by atoms with Crippen LogP contribution in [0.3, 0.4) is 0 Å². The number of anilines is 1. The van der Waals surface area contributed by atoms with Crippen LogP contribution in [0, 0.1) is 0 Å². The minimum absolute atomic E-state index is 0.128. The van der Waals surface area contributed by atoms with Crippen LogP contribution in [0.25, 0.3) is 0 Å². The van der Waals surface area contributed by atoms with Gasteiger partial charge in [-0.05, 0) is 36.4 Å². The molecule has 8 heteroatoms. The maximum atomic E-state index is 12.3. The van der Waals surface area contributed by atoms with Gasteiger partial charge >= 0.3 is 5.97 Å². The van der Waals surface area contributed by atoms with Gasteiger partial charge in [-0.1, -0.05) is 41.9 Å². The molecule has 0 saturated carbocycles. The molecule has 3 aromatic carbocycles. The van der Waals surface area contributed by atoms with Crippen LogP contribution < -0.4 is 19.5 Å². The Labute approximate surface area is 184 Å². The van der Waals surface area contributed by atoms with E-state index in [1.807, 2.05) is 18.2 Å². The summed E-state index contributed by atoms with van der Waals surface area (Å²) in [6, 6.07) is 18.9. The molecule has 3 rings (SSSR count). The molecule has 0 aliphatic heterocycles. The van der Waals surface area contributed by atoms with Gasteiger partial charge in [-0.3, -0.25) is 4.79 Å². The Kier molecular flexibility index (Phi) is 7.35. The number of amides is 1. The van der Waals surface area contributed by atoms with Crippen molar-refractivity contribution in [2.24, 2.45) is 0 Å². The van der Waals surface area contributed by atoms with Gasteiger partial charge < -0.3 is 24.3 Å². The molecule has 0 bridgehead atoms. The van der Waals surface area contributed by atoms with Crippen LogP contribution in [0.15, 0.2) is 66.7 Å². The SMILES string of the molecule is COc1cc(C(=O)OCC(=O)Nc2ccccc2Oc2ccccc2)cc(Cl)c1OC. The number of ether oxygens (including phenoxy) is 4. The highest BCUT2D eigenvalue weighted by atomic mass is 35.5. The lowest BCUT2D eigenvalue weighted by atomic mass is 10.2. The monoisotopic (exact) mass is 441 g/mol. The zero-order chi connectivity index (χ0) is 22.2. The fourth-order valence-electron chi connectivity index (χ4n) is 2.71. The van der Waals surface area contributed by atoms with Crippen molar-refractivity contribution in [3.8, 4) is 23.0 Å². The summed E-state index contributed by atoms with van der Waals surface area (Å²) >= 11 is 6.11. The zero-order valence-corrected chi connectivity index (χ0v) is 17.6. The van der Waals surface area contributed by atoms with Gasteiger partial charge in [-0.2, -0.15) is 0 Å². The number of carbonyl (C=O) groups excluding carboxylic acids is 2. The lowest BCUT2D eigenvalue weighted by Gasteiger charge is -2.13. The number of hydrogen-bond acceptors (Lipinski definition) is 6. The van der Waals surface area contributed by atoms with Crippen molar-refractivity contribution in [1.29, 1.82) is 0 Å². The molecule has 0 radical (unpaired) electrons. The Bertz CT molecular complexity index is 1070. The van der Waals surface area contributed by atoms with Crippen molar-refractivity contribution in [2.45, 2.75) is 0 Å². The summed E-state index contributed by atoms with van der Waals surface area (Å²) < 4.78 is 21.2. The van der Waals surface area contributed by atoms with E-state index in [0.717, 1.165) is 0 Å². The Morgan fingerprint density at radius 1 is 0.903 bits per heavy atom. The van der Waals surface area contributed by atoms with E-state index in [1.54, 1.807) is 36.4 Å². The smallest absolute Gasteiger partial charge is 0.338 e. The predicted molar refractivity (Wildman–Crippen MR) is 116 cm³/mol. The van der Waals surface area contributed by atoms with Crippen LogP contribution in [0.1, 0.15) is 10.4 Å². The number of methoxy groups -OCH3 is 2. The van der Waals surface area contributed by atoms with Crippen molar-refractivity contribution in [2.75, 3.05) is 26.1 Å². The Hall–Kier alpha value is -3.71. The number of hydrogen-bond donors (Lipinski definition) is 1. The molecule has 7 nitrogen and oxygen atoms in total. The van der Waals surface area contributed by atoms with E-state index in [-0.39, 0.29) is 16.3 Å². The van der Waals surface area contributed by atoms with E-state index in [4.69, 9.17) is 30.5 Å². The van der Waals surface area contributed by atoms with Gasteiger partial charge in [0.05, 0.1) is 30.5 Å². The average molecular weight is 442 g/mol. The molecule has 0 fully saturated rings. The van der Waals surface area contributed by atoms with Crippen molar-refractivity contribution < 1.29 is 28.5 Å². The Morgan fingerprint density at radius 3 is 2.32 bits per heavy atom. The first-order chi connectivity index (χ1) is 15.0. The molecule has 0 spiro atoms. The lowest BCUT2D eigenvalue weighted by molar-refractivity contribution is -0.119. The number of nitrogens with one attached hydrogen (secondary N) is 1. The first-order valence-electron chi connectivity index (χ1n) is 9.22. The molecule has 0 aliphatic carbocycles. The normalized spacial score (nSPS) is 10.2. The van der Waals surface area contributed by atoms with Crippen molar-refractivity contribution >= 4 is 29.2 Å². The van der Waals surface area contributed by atoms with Crippen LogP contribution in [0.5, 0.6) is 23.0 Å². The number of esters is 1.